The van der Waals surface area contributed by atoms with E-state index < -0.39 is 0 Å². The predicted octanol–water partition coefficient (Wildman–Crippen LogP) is 3.23. The van der Waals surface area contributed by atoms with Crippen LogP contribution in [0.25, 0.3) is 0 Å². The molecule has 1 rings (SSSR count). The van der Waals surface area contributed by atoms with E-state index in [1.54, 1.807) is 12.3 Å². The van der Waals surface area contributed by atoms with Gasteiger partial charge in [0.2, 0.25) is 0 Å². The molecule has 0 unspecified atom stereocenters. The van der Waals surface area contributed by atoms with Crippen molar-refractivity contribution in [2.24, 2.45) is 16.1 Å². The monoisotopic (exact) mass is 348 g/mol. The molecular weight excluding hydrogens is 312 g/mol. The van der Waals surface area contributed by atoms with Gasteiger partial charge in [-0.1, -0.05) is 59.1 Å². The number of unbranched alkanes of at least 4 members (excludes halogenated alkanes) is 2. The Kier molecular flexibility index (Phi) is 9.50. The average molecular weight is 349 g/mol. The van der Waals surface area contributed by atoms with Crippen molar-refractivity contribution < 1.29 is 4.79 Å². The maximum Gasteiger partial charge on any atom is 0.196 e. The van der Waals surface area contributed by atoms with Crippen molar-refractivity contribution in [1.29, 1.82) is 0 Å². The van der Waals surface area contributed by atoms with E-state index in [0.717, 1.165) is 64.7 Å². The first-order valence-corrected chi connectivity index (χ1v) is 9.64. The van der Waals surface area contributed by atoms with Crippen molar-refractivity contribution in [1.82, 2.24) is 10.2 Å². The predicted molar refractivity (Wildman–Crippen MR) is 107 cm³/mol. The van der Waals surface area contributed by atoms with Crippen LogP contribution < -0.4 is 11.1 Å². The fourth-order valence-electron chi connectivity index (χ4n) is 3.15. The Morgan fingerprint density at radius 2 is 1.80 bits per heavy atom. The van der Waals surface area contributed by atoms with E-state index in [4.69, 9.17) is 5.73 Å². The van der Waals surface area contributed by atoms with E-state index in [2.05, 4.69) is 37.7 Å². The van der Waals surface area contributed by atoms with Crippen LogP contribution in [0.1, 0.15) is 59.3 Å². The molecule has 1 aliphatic heterocycles. The number of aliphatic imine (C=N–C) groups is 1. The molecule has 0 radical (unpaired) electrons. The lowest BCUT2D eigenvalue weighted by atomic mass is 9.74. The molecule has 0 aromatic rings. The number of nitrogens with one attached hydrogen (secondary N) is 1. The summed E-state index contributed by atoms with van der Waals surface area (Å²) in [6.07, 6.45) is 9.34. The highest BCUT2D eigenvalue weighted by Gasteiger charge is 2.33. The summed E-state index contributed by atoms with van der Waals surface area (Å²) in [6.45, 7) is 13.7. The van der Waals surface area contributed by atoms with Crippen LogP contribution in [-0.2, 0) is 4.79 Å². The molecule has 5 nitrogen and oxygen atoms in total. The summed E-state index contributed by atoms with van der Waals surface area (Å²) in [5.74, 6) is 0.610. The van der Waals surface area contributed by atoms with Gasteiger partial charge in [0, 0.05) is 43.4 Å². The number of hydrogen-bond acceptors (Lipinski definition) is 3. The van der Waals surface area contributed by atoms with E-state index in [1.165, 1.54) is 0 Å². The Hall–Kier alpha value is -1.62. The molecule has 0 saturated carbocycles. The summed E-state index contributed by atoms with van der Waals surface area (Å²) in [4.78, 5) is 19.5. The molecule has 25 heavy (non-hydrogen) atoms. The van der Waals surface area contributed by atoms with Gasteiger partial charge in [0.05, 0.1) is 0 Å². The van der Waals surface area contributed by atoms with Crippen molar-refractivity contribution in [2.75, 3.05) is 26.2 Å². The second-order valence-corrected chi connectivity index (χ2v) is 7.11. The molecule has 1 fully saturated rings. The Morgan fingerprint density at radius 3 is 2.28 bits per heavy atom. The Bertz CT molecular complexity index is 482. The Labute approximate surface area is 153 Å². The summed E-state index contributed by atoms with van der Waals surface area (Å²) >= 11 is 0. The summed E-state index contributed by atoms with van der Waals surface area (Å²) < 4.78 is 0. The largest absolute Gasteiger partial charge is 0.370 e. The second-order valence-electron chi connectivity index (χ2n) is 7.11. The molecule has 1 aliphatic rings. The standard InChI is InChI=1S/C20H36N4O/c1-5-8-10-20(4,11-9-6-2)18(25)17(7-3)16-23-19(21)24-14-12-22-13-15-24/h7,16,22H,3,5-6,8-15H2,1-2,4H3,(H2,21,23)/b17-16+. The van der Waals surface area contributed by atoms with Gasteiger partial charge in [-0.3, -0.25) is 4.79 Å². The van der Waals surface area contributed by atoms with E-state index in [-0.39, 0.29) is 11.2 Å². The van der Waals surface area contributed by atoms with Crippen LogP contribution in [0.2, 0.25) is 0 Å². The van der Waals surface area contributed by atoms with Crippen LogP contribution in [0, 0.1) is 5.41 Å². The zero-order chi connectivity index (χ0) is 18.7. The van der Waals surface area contributed by atoms with Crippen LogP contribution in [0.4, 0.5) is 0 Å². The molecule has 1 saturated heterocycles. The van der Waals surface area contributed by atoms with Crippen molar-refractivity contribution in [3.05, 3.63) is 24.4 Å². The van der Waals surface area contributed by atoms with Gasteiger partial charge in [0.25, 0.3) is 0 Å². The quantitative estimate of drug-likeness (QED) is 0.275. The third-order valence-electron chi connectivity index (χ3n) is 4.97. The van der Waals surface area contributed by atoms with Crippen molar-refractivity contribution in [3.8, 4) is 0 Å². The Balaban J connectivity index is 2.92. The minimum atomic E-state index is -0.342. The molecule has 0 amide bonds. The minimum Gasteiger partial charge on any atom is -0.370 e. The smallest absolute Gasteiger partial charge is 0.196 e. The molecule has 1 heterocycles. The number of carbonyl (C=O) groups is 1. The molecular formula is C20H36N4O. The molecule has 142 valence electrons. The summed E-state index contributed by atoms with van der Waals surface area (Å²) in [5, 5.41) is 3.28. The third kappa shape index (κ3) is 6.65. The number of guanidine groups is 1. The normalized spacial score (nSPS) is 16.8. The molecule has 0 aliphatic carbocycles. The fourth-order valence-corrected chi connectivity index (χ4v) is 3.15. The number of Topliss-reactive ketones (excluding diaryl/α,β-unsaturated/α-hetero) is 1. The third-order valence-corrected chi connectivity index (χ3v) is 4.97. The second kappa shape index (κ2) is 11.1. The topological polar surface area (TPSA) is 70.7 Å². The molecule has 0 aromatic heterocycles. The van der Waals surface area contributed by atoms with Gasteiger partial charge in [0.15, 0.2) is 11.7 Å². The van der Waals surface area contributed by atoms with Crippen LogP contribution in [0.3, 0.4) is 0 Å². The first kappa shape index (κ1) is 21.4. The van der Waals surface area contributed by atoms with Gasteiger partial charge in [0.1, 0.15) is 0 Å². The van der Waals surface area contributed by atoms with Gasteiger partial charge >= 0.3 is 0 Å². The number of ketones is 1. The van der Waals surface area contributed by atoms with E-state index in [1.807, 2.05) is 4.90 Å². The van der Waals surface area contributed by atoms with Crippen molar-refractivity contribution in [2.45, 2.75) is 59.3 Å². The number of allylic oxidation sites excluding steroid dienone is 2. The lowest BCUT2D eigenvalue weighted by Gasteiger charge is -2.29. The van der Waals surface area contributed by atoms with E-state index in [9.17, 15) is 4.79 Å². The van der Waals surface area contributed by atoms with E-state index in [0.29, 0.717) is 11.5 Å². The number of nitrogens with two attached hydrogens (primary N) is 1. The highest BCUT2D eigenvalue weighted by molar-refractivity contribution is 6.02. The molecule has 0 atom stereocenters. The lowest BCUT2D eigenvalue weighted by Crippen LogP contribution is -2.49. The number of piperazine rings is 1. The van der Waals surface area contributed by atoms with Crippen LogP contribution in [-0.4, -0.2) is 42.8 Å². The molecule has 0 spiro atoms. The van der Waals surface area contributed by atoms with Crippen molar-refractivity contribution in [3.63, 3.8) is 0 Å². The molecule has 5 heteroatoms. The summed E-state index contributed by atoms with van der Waals surface area (Å²) in [7, 11) is 0. The zero-order valence-corrected chi connectivity index (χ0v) is 16.3. The zero-order valence-electron chi connectivity index (χ0n) is 16.3. The highest BCUT2D eigenvalue weighted by Crippen LogP contribution is 2.34. The number of carbonyl (C=O) groups excluding carboxylic acids is 1. The fraction of sp³-hybridized carbons (Fsp3) is 0.700. The number of nitrogens with zero attached hydrogens (tertiary/aromatic N) is 2. The van der Waals surface area contributed by atoms with Gasteiger partial charge in [-0.15, -0.1) is 0 Å². The maximum atomic E-state index is 13.1. The Morgan fingerprint density at radius 1 is 1.24 bits per heavy atom. The molecule has 0 aromatic carbocycles. The highest BCUT2D eigenvalue weighted by atomic mass is 16.1. The SMILES string of the molecule is C=C/C(=C\N=C(N)N1CCNCC1)C(=O)C(C)(CCCC)CCCC. The minimum absolute atomic E-state index is 0.140. The summed E-state index contributed by atoms with van der Waals surface area (Å²) in [6, 6.07) is 0. The number of hydrogen-bond donors (Lipinski definition) is 2. The van der Waals surface area contributed by atoms with Gasteiger partial charge in [-0.25, -0.2) is 4.99 Å². The number of rotatable bonds is 10. The maximum absolute atomic E-state index is 13.1. The lowest BCUT2D eigenvalue weighted by molar-refractivity contribution is -0.124. The van der Waals surface area contributed by atoms with Crippen LogP contribution in [0.15, 0.2) is 29.4 Å². The molecule has 0 bridgehead atoms. The summed E-state index contributed by atoms with van der Waals surface area (Å²) in [5.41, 5.74) is 6.30. The van der Waals surface area contributed by atoms with Crippen molar-refractivity contribution >= 4 is 11.7 Å². The van der Waals surface area contributed by atoms with Gasteiger partial charge in [-0.05, 0) is 12.8 Å². The van der Waals surface area contributed by atoms with Gasteiger partial charge < -0.3 is 16.0 Å². The first-order chi connectivity index (χ1) is 12.0. The van der Waals surface area contributed by atoms with E-state index >= 15 is 0 Å². The molecule has 3 N–H and O–H groups in total. The van der Waals surface area contributed by atoms with Gasteiger partial charge in [-0.2, -0.15) is 0 Å². The average Bonchev–Trinajstić information content (AvgIpc) is 2.65. The van der Waals surface area contributed by atoms with Crippen LogP contribution in [0.5, 0.6) is 0 Å². The first-order valence-electron chi connectivity index (χ1n) is 9.64. The van der Waals surface area contributed by atoms with Crippen LogP contribution >= 0.6 is 0 Å².